The van der Waals surface area contributed by atoms with Crippen LogP contribution in [0.5, 0.6) is 0 Å². The Bertz CT molecular complexity index is 1340. The van der Waals surface area contributed by atoms with Crippen molar-refractivity contribution in [2.24, 2.45) is 4.99 Å². The quantitative estimate of drug-likeness (QED) is 0.577. The van der Waals surface area contributed by atoms with Gasteiger partial charge in [-0.3, -0.25) is 9.36 Å². The van der Waals surface area contributed by atoms with E-state index in [1.807, 2.05) is 37.3 Å². The number of hydrogen-bond donors (Lipinski definition) is 0. The SMILES string of the molecule is CCOC(=O)C1=C(C)N=c2s/c(=C/C=C/c3ccco3)c(=O)n2[C@@H]1c1ccc(C)cc1. The molecule has 0 amide bonds. The predicted molar refractivity (Wildman–Crippen MR) is 120 cm³/mol. The maximum atomic E-state index is 13.3. The number of carbonyl (C=O) groups is 1. The van der Waals surface area contributed by atoms with E-state index in [0.29, 0.717) is 26.4 Å². The molecule has 31 heavy (non-hydrogen) atoms. The summed E-state index contributed by atoms with van der Waals surface area (Å²) in [6, 6.07) is 10.8. The van der Waals surface area contributed by atoms with Crippen molar-refractivity contribution >= 4 is 29.5 Å². The zero-order valence-corrected chi connectivity index (χ0v) is 18.3. The lowest BCUT2D eigenvalue weighted by molar-refractivity contribution is -0.139. The van der Waals surface area contributed by atoms with Gasteiger partial charge in [-0.25, -0.2) is 9.79 Å². The van der Waals surface area contributed by atoms with Gasteiger partial charge in [-0.05, 0) is 50.6 Å². The fraction of sp³-hybridized carbons (Fsp3) is 0.208. The number of hydrogen-bond acceptors (Lipinski definition) is 6. The zero-order valence-electron chi connectivity index (χ0n) is 17.5. The number of benzene rings is 1. The van der Waals surface area contributed by atoms with Crippen molar-refractivity contribution in [2.75, 3.05) is 6.61 Å². The van der Waals surface area contributed by atoms with E-state index in [-0.39, 0.29) is 12.2 Å². The van der Waals surface area contributed by atoms with Gasteiger partial charge in [0.05, 0.1) is 34.7 Å². The molecule has 1 atom stereocenters. The lowest BCUT2D eigenvalue weighted by atomic mass is 9.95. The first-order valence-corrected chi connectivity index (χ1v) is 10.8. The fourth-order valence-corrected chi connectivity index (χ4v) is 4.48. The first-order chi connectivity index (χ1) is 15.0. The molecule has 1 aliphatic heterocycles. The molecule has 0 spiro atoms. The molecular formula is C24H22N2O4S. The highest BCUT2D eigenvalue weighted by Crippen LogP contribution is 2.30. The molecule has 1 aromatic carbocycles. The molecule has 3 heterocycles. The topological polar surface area (TPSA) is 73.8 Å². The summed E-state index contributed by atoms with van der Waals surface area (Å²) in [5.41, 5.74) is 2.67. The maximum Gasteiger partial charge on any atom is 0.338 e. The number of fused-ring (bicyclic) bond motifs is 1. The summed E-state index contributed by atoms with van der Waals surface area (Å²) >= 11 is 1.29. The maximum absolute atomic E-state index is 13.3. The van der Waals surface area contributed by atoms with Gasteiger partial charge in [0, 0.05) is 0 Å². The van der Waals surface area contributed by atoms with Crippen LogP contribution in [0.1, 0.15) is 36.8 Å². The average molecular weight is 435 g/mol. The van der Waals surface area contributed by atoms with E-state index in [4.69, 9.17) is 9.15 Å². The molecule has 7 heteroatoms. The Morgan fingerprint density at radius 3 is 2.71 bits per heavy atom. The minimum atomic E-state index is -0.591. The summed E-state index contributed by atoms with van der Waals surface area (Å²) in [5, 5.41) is 0. The Morgan fingerprint density at radius 2 is 2.03 bits per heavy atom. The molecule has 1 aliphatic rings. The first-order valence-electron chi connectivity index (χ1n) is 9.96. The van der Waals surface area contributed by atoms with Crippen LogP contribution >= 0.6 is 11.3 Å². The number of thiazole rings is 1. The lowest BCUT2D eigenvalue weighted by Gasteiger charge is -2.24. The van der Waals surface area contributed by atoms with Crippen LogP contribution in [0.25, 0.3) is 12.2 Å². The van der Waals surface area contributed by atoms with E-state index >= 15 is 0 Å². The molecule has 0 aliphatic carbocycles. The van der Waals surface area contributed by atoms with Gasteiger partial charge >= 0.3 is 5.97 Å². The molecule has 0 radical (unpaired) electrons. The van der Waals surface area contributed by atoms with Crippen molar-refractivity contribution in [3.8, 4) is 0 Å². The van der Waals surface area contributed by atoms with Gasteiger partial charge in [-0.15, -0.1) is 0 Å². The summed E-state index contributed by atoms with van der Waals surface area (Å²) in [6.45, 7) is 5.78. The predicted octanol–water partition coefficient (Wildman–Crippen LogP) is 3.36. The van der Waals surface area contributed by atoms with Gasteiger partial charge in [0.15, 0.2) is 4.80 Å². The standard InChI is InChI=1S/C24H22N2O4S/c1-4-29-23(28)20-16(3)25-24-26(21(20)17-12-10-15(2)11-13-17)22(27)19(31-24)9-5-7-18-8-6-14-30-18/h5-14,21H,4H2,1-3H3/b7-5+,19-9+/t21-/m1/s1. The highest BCUT2D eigenvalue weighted by molar-refractivity contribution is 7.07. The second-order valence-corrected chi connectivity index (χ2v) is 8.12. The van der Waals surface area contributed by atoms with E-state index < -0.39 is 12.0 Å². The van der Waals surface area contributed by atoms with Gasteiger partial charge in [0.2, 0.25) is 0 Å². The molecule has 3 aromatic rings. The number of carbonyl (C=O) groups excluding carboxylic acids is 1. The average Bonchev–Trinajstić information content (AvgIpc) is 3.36. The van der Waals surface area contributed by atoms with E-state index in [1.165, 1.54) is 11.3 Å². The van der Waals surface area contributed by atoms with E-state index in [9.17, 15) is 9.59 Å². The summed E-state index contributed by atoms with van der Waals surface area (Å²) in [4.78, 5) is 31.3. The molecule has 4 rings (SSSR count). The van der Waals surface area contributed by atoms with E-state index in [0.717, 1.165) is 11.1 Å². The molecule has 2 aromatic heterocycles. The molecular weight excluding hydrogens is 412 g/mol. The number of rotatable bonds is 5. The highest BCUT2D eigenvalue weighted by Gasteiger charge is 2.33. The molecule has 6 nitrogen and oxygen atoms in total. The van der Waals surface area contributed by atoms with Crippen molar-refractivity contribution in [3.63, 3.8) is 0 Å². The summed E-state index contributed by atoms with van der Waals surface area (Å²) in [7, 11) is 0. The number of furan rings is 1. The highest BCUT2D eigenvalue weighted by atomic mass is 32.1. The van der Waals surface area contributed by atoms with Crippen LogP contribution < -0.4 is 14.9 Å². The number of aryl methyl sites for hydroxylation is 1. The Morgan fingerprint density at radius 1 is 1.26 bits per heavy atom. The number of ether oxygens (including phenoxy) is 1. The molecule has 0 bridgehead atoms. The van der Waals surface area contributed by atoms with Crippen LogP contribution in [-0.2, 0) is 9.53 Å². The van der Waals surface area contributed by atoms with Gasteiger partial charge in [-0.1, -0.05) is 47.2 Å². The first kappa shape index (κ1) is 20.8. The summed E-state index contributed by atoms with van der Waals surface area (Å²) < 4.78 is 12.7. The summed E-state index contributed by atoms with van der Waals surface area (Å²) in [6.07, 6.45) is 6.88. The number of nitrogens with zero attached hydrogens (tertiary/aromatic N) is 2. The van der Waals surface area contributed by atoms with Crippen molar-refractivity contribution < 1.29 is 13.9 Å². The van der Waals surface area contributed by atoms with Crippen LogP contribution in [0.15, 0.2) is 74.2 Å². The monoisotopic (exact) mass is 434 g/mol. The largest absolute Gasteiger partial charge is 0.465 e. The summed E-state index contributed by atoms with van der Waals surface area (Å²) in [5.74, 6) is 0.239. The number of allylic oxidation sites excluding steroid dienone is 2. The third kappa shape index (κ3) is 4.09. The second-order valence-electron chi connectivity index (χ2n) is 7.11. The van der Waals surface area contributed by atoms with Crippen molar-refractivity contribution in [1.29, 1.82) is 0 Å². The minimum absolute atomic E-state index is 0.201. The van der Waals surface area contributed by atoms with Crippen molar-refractivity contribution in [1.82, 2.24) is 4.57 Å². The minimum Gasteiger partial charge on any atom is -0.465 e. The van der Waals surface area contributed by atoms with Crippen LogP contribution in [0, 0.1) is 6.92 Å². The normalized spacial score (nSPS) is 16.5. The van der Waals surface area contributed by atoms with Crippen LogP contribution in [0.4, 0.5) is 0 Å². The Kier molecular flexibility index (Phi) is 5.86. The fourth-order valence-electron chi connectivity index (χ4n) is 3.49. The number of esters is 1. The van der Waals surface area contributed by atoms with Crippen LogP contribution in [0.3, 0.4) is 0 Å². The van der Waals surface area contributed by atoms with Gasteiger partial charge < -0.3 is 9.15 Å². The molecule has 0 N–H and O–H groups in total. The van der Waals surface area contributed by atoms with Gasteiger partial charge in [0.25, 0.3) is 5.56 Å². The Balaban J connectivity index is 1.87. The van der Waals surface area contributed by atoms with E-state index in [2.05, 4.69) is 4.99 Å². The van der Waals surface area contributed by atoms with Crippen molar-refractivity contribution in [3.05, 3.63) is 96.6 Å². The second kappa shape index (κ2) is 8.73. The van der Waals surface area contributed by atoms with Gasteiger partial charge in [0.1, 0.15) is 5.76 Å². The molecule has 158 valence electrons. The number of aromatic nitrogens is 1. The molecule has 0 fully saturated rings. The van der Waals surface area contributed by atoms with E-state index in [1.54, 1.807) is 49.0 Å². The van der Waals surface area contributed by atoms with Crippen molar-refractivity contribution in [2.45, 2.75) is 26.8 Å². The Hall–Kier alpha value is -3.45. The third-order valence-electron chi connectivity index (χ3n) is 4.96. The Labute approximate surface area is 183 Å². The lowest BCUT2D eigenvalue weighted by Crippen LogP contribution is -2.39. The smallest absolute Gasteiger partial charge is 0.338 e. The molecule has 0 unspecified atom stereocenters. The van der Waals surface area contributed by atoms with Crippen LogP contribution in [0.2, 0.25) is 0 Å². The molecule has 0 saturated heterocycles. The third-order valence-corrected chi connectivity index (χ3v) is 5.96. The zero-order chi connectivity index (χ0) is 22.0. The van der Waals surface area contributed by atoms with Gasteiger partial charge in [-0.2, -0.15) is 0 Å². The molecule has 0 saturated carbocycles. The van der Waals surface area contributed by atoms with Crippen LogP contribution in [-0.4, -0.2) is 17.1 Å².